The summed E-state index contributed by atoms with van der Waals surface area (Å²) in [5, 5.41) is 14.0. The first-order valence-corrected chi connectivity index (χ1v) is 6.37. The summed E-state index contributed by atoms with van der Waals surface area (Å²) in [4.78, 5) is 11.0. The van der Waals surface area contributed by atoms with Gasteiger partial charge in [0.15, 0.2) is 5.69 Å². The molecule has 4 heteroatoms. The van der Waals surface area contributed by atoms with E-state index in [0.717, 1.165) is 22.3 Å². The minimum atomic E-state index is -0.116. The van der Waals surface area contributed by atoms with Crippen LogP contribution in [0.25, 0.3) is 16.6 Å². The average Bonchev–Trinajstić information content (AvgIpc) is 2.74. The molecule has 4 nitrogen and oxygen atoms in total. The van der Waals surface area contributed by atoms with Crippen LogP contribution in [0.3, 0.4) is 0 Å². The molecule has 0 aliphatic carbocycles. The molecular weight excluding hydrogens is 252 g/mol. The largest absolute Gasteiger partial charge is 0.493 e. The van der Waals surface area contributed by atoms with Crippen LogP contribution >= 0.6 is 0 Å². The highest BCUT2D eigenvalue weighted by atomic mass is 16.3. The number of nitroso groups, excluding NO2 is 1. The van der Waals surface area contributed by atoms with E-state index in [9.17, 15) is 10.0 Å². The molecule has 1 heterocycles. The van der Waals surface area contributed by atoms with Crippen molar-refractivity contribution < 1.29 is 5.11 Å². The first-order valence-electron chi connectivity index (χ1n) is 6.37. The highest BCUT2D eigenvalue weighted by molar-refractivity contribution is 5.96. The van der Waals surface area contributed by atoms with Crippen LogP contribution in [0, 0.1) is 18.8 Å². The maximum atomic E-state index is 11.0. The van der Waals surface area contributed by atoms with Crippen molar-refractivity contribution in [3.05, 3.63) is 58.5 Å². The number of fused-ring (bicyclic) bond motifs is 1. The minimum absolute atomic E-state index is 0.0847. The molecule has 0 spiro atoms. The molecule has 3 rings (SSSR count). The zero-order valence-electron chi connectivity index (χ0n) is 11.3. The van der Waals surface area contributed by atoms with E-state index >= 15 is 0 Å². The van der Waals surface area contributed by atoms with Crippen molar-refractivity contribution in [2.45, 2.75) is 13.8 Å². The summed E-state index contributed by atoms with van der Waals surface area (Å²) in [5.41, 5.74) is 3.89. The van der Waals surface area contributed by atoms with E-state index in [2.05, 4.69) is 5.18 Å². The number of hydrogen-bond acceptors (Lipinski definition) is 3. The highest BCUT2D eigenvalue weighted by Crippen LogP contribution is 2.41. The van der Waals surface area contributed by atoms with Crippen molar-refractivity contribution in [2.75, 3.05) is 0 Å². The van der Waals surface area contributed by atoms with E-state index in [4.69, 9.17) is 0 Å². The zero-order chi connectivity index (χ0) is 14.3. The lowest BCUT2D eigenvalue weighted by atomic mass is 10.1. The second-order valence-corrected chi connectivity index (χ2v) is 4.84. The van der Waals surface area contributed by atoms with Gasteiger partial charge in [0.05, 0.1) is 11.2 Å². The van der Waals surface area contributed by atoms with Crippen molar-refractivity contribution in [1.29, 1.82) is 0 Å². The molecule has 0 unspecified atom stereocenters. The molecular formula is C16H14N2O2. The molecule has 0 saturated carbocycles. The quantitative estimate of drug-likeness (QED) is 0.701. The van der Waals surface area contributed by atoms with Crippen LogP contribution in [0.1, 0.15) is 11.1 Å². The van der Waals surface area contributed by atoms with Crippen LogP contribution in [0.2, 0.25) is 0 Å². The van der Waals surface area contributed by atoms with Crippen molar-refractivity contribution in [2.24, 2.45) is 5.18 Å². The molecule has 0 saturated heterocycles. The lowest BCUT2D eigenvalue weighted by Crippen LogP contribution is -1.97. The first-order chi connectivity index (χ1) is 9.65. The van der Waals surface area contributed by atoms with Gasteiger partial charge in [-0.25, -0.2) is 0 Å². The van der Waals surface area contributed by atoms with Crippen molar-refractivity contribution in [3.63, 3.8) is 0 Å². The third-order valence-corrected chi connectivity index (χ3v) is 3.73. The average molecular weight is 266 g/mol. The molecule has 2 aromatic carbocycles. The van der Waals surface area contributed by atoms with Gasteiger partial charge in [0, 0.05) is 5.39 Å². The van der Waals surface area contributed by atoms with Gasteiger partial charge in [0.1, 0.15) is 0 Å². The molecule has 3 aromatic rings. The molecule has 0 amide bonds. The fraction of sp³-hybridized carbons (Fsp3) is 0.125. The predicted molar refractivity (Wildman–Crippen MR) is 79.9 cm³/mol. The zero-order valence-corrected chi connectivity index (χ0v) is 11.3. The number of nitrogens with zero attached hydrogens (tertiary/aromatic N) is 2. The van der Waals surface area contributed by atoms with Crippen LogP contribution in [0.4, 0.5) is 5.69 Å². The first kappa shape index (κ1) is 12.4. The Morgan fingerprint density at radius 2 is 1.80 bits per heavy atom. The van der Waals surface area contributed by atoms with E-state index in [1.807, 2.05) is 50.2 Å². The standard InChI is InChI=1S/C16H14N2O2/c1-10-6-5-9-13(11(10)2)18-14-8-4-3-7-12(14)15(17-20)16(18)19/h3-9,19H,1-2H3. The molecule has 0 radical (unpaired) electrons. The molecule has 20 heavy (non-hydrogen) atoms. The molecule has 0 aliphatic rings. The summed E-state index contributed by atoms with van der Waals surface area (Å²) < 4.78 is 1.67. The predicted octanol–water partition coefficient (Wildman–Crippen LogP) is 4.35. The van der Waals surface area contributed by atoms with Gasteiger partial charge in [0.2, 0.25) is 5.88 Å². The van der Waals surface area contributed by atoms with Gasteiger partial charge in [-0.1, -0.05) is 30.3 Å². The Bertz CT molecular complexity index is 819. The Labute approximate surface area is 116 Å². The van der Waals surface area contributed by atoms with Crippen molar-refractivity contribution in [1.82, 2.24) is 4.57 Å². The summed E-state index contributed by atoms with van der Waals surface area (Å²) >= 11 is 0. The highest BCUT2D eigenvalue weighted by Gasteiger charge is 2.19. The molecule has 1 N–H and O–H groups in total. The van der Waals surface area contributed by atoms with E-state index in [1.54, 1.807) is 10.6 Å². The summed E-state index contributed by atoms with van der Waals surface area (Å²) in [6.45, 7) is 4.01. The van der Waals surface area contributed by atoms with Crippen LogP contribution < -0.4 is 0 Å². The van der Waals surface area contributed by atoms with Gasteiger partial charge in [0.25, 0.3) is 0 Å². The van der Waals surface area contributed by atoms with Crippen molar-refractivity contribution in [3.8, 4) is 11.6 Å². The van der Waals surface area contributed by atoms with Gasteiger partial charge in [-0.2, -0.15) is 0 Å². The number of aromatic nitrogens is 1. The van der Waals surface area contributed by atoms with Gasteiger partial charge in [-0.15, -0.1) is 4.91 Å². The minimum Gasteiger partial charge on any atom is -0.493 e. The maximum Gasteiger partial charge on any atom is 0.227 e. The van der Waals surface area contributed by atoms with E-state index in [-0.39, 0.29) is 11.6 Å². The van der Waals surface area contributed by atoms with Crippen LogP contribution in [-0.4, -0.2) is 9.67 Å². The number of aryl methyl sites for hydroxylation is 1. The molecule has 0 bridgehead atoms. The smallest absolute Gasteiger partial charge is 0.227 e. The Kier molecular flexibility index (Phi) is 2.79. The van der Waals surface area contributed by atoms with Crippen molar-refractivity contribution >= 4 is 16.6 Å². The number of hydrogen-bond donors (Lipinski definition) is 1. The second kappa shape index (κ2) is 4.49. The van der Waals surface area contributed by atoms with Crippen LogP contribution in [0.15, 0.2) is 47.6 Å². The maximum absolute atomic E-state index is 11.0. The lowest BCUT2D eigenvalue weighted by Gasteiger charge is -2.12. The summed E-state index contributed by atoms with van der Waals surface area (Å²) in [6.07, 6.45) is 0. The van der Waals surface area contributed by atoms with E-state index in [1.165, 1.54) is 0 Å². The number of rotatable bonds is 2. The number of para-hydroxylation sites is 1. The fourth-order valence-corrected chi connectivity index (χ4v) is 2.52. The third-order valence-electron chi connectivity index (χ3n) is 3.73. The Morgan fingerprint density at radius 1 is 1.05 bits per heavy atom. The van der Waals surface area contributed by atoms with Gasteiger partial charge in [-0.3, -0.25) is 4.57 Å². The monoisotopic (exact) mass is 266 g/mol. The lowest BCUT2D eigenvalue weighted by molar-refractivity contribution is 0.446. The second-order valence-electron chi connectivity index (χ2n) is 4.84. The van der Waals surface area contributed by atoms with Crippen LogP contribution in [0.5, 0.6) is 5.88 Å². The van der Waals surface area contributed by atoms with Gasteiger partial charge in [-0.05, 0) is 42.3 Å². The van der Waals surface area contributed by atoms with Gasteiger partial charge < -0.3 is 5.11 Å². The molecule has 0 atom stereocenters. The fourth-order valence-electron chi connectivity index (χ4n) is 2.52. The van der Waals surface area contributed by atoms with E-state index in [0.29, 0.717) is 5.39 Å². The summed E-state index contributed by atoms with van der Waals surface area (Å²) in [5.74, 6) is -0.116. The molecule has 0 aliphatic heterocycles. The normalized spacial score (nSPS) is 10.9. The van der Waals surface area contributed by atoms with Gasteiger partial charge >= 0.3 is 0 Å². The molecule has 1 aromatic heterocycles. The Morgan fingerprint density at radius 3 is 2.55 bits per heavy atom. The SMILES string of the molecule is Cc1cccc(-n2c(O)c(N=O)c3ccccc32)c1C. The topological polar surface area (TPSA) is 54.6 Å². The molecule has 100 valence electrons. The Hall–Kier alpha value is -2.62. The van der Waals surface area contributed by atoms with E-state index < -0.39 is 0 Å². The number of benzene rings is 2. The molecule has 0 fully saturated rings. The number of aromatic hydroxyl groups is 1. The summed E-state index contributed by atoms with van der Waals surface area (Å²) in [6, 6.07) is 13.2. The third kappa shape index (κ3) is 1.61. The Balaban J connectivity index is 2.45. The summed E-state index contributed by atoms with van der Waals surface area (Å²) in [7, 11) is 0. The van der Waals surface area contributed by atoms with Crippen LogP contribution in [-0.2, 0) is 0 Å².